The highest BCUT2D eigenvalue weighted by atomic mass is 15.2. The van der Waals surface area contributed by atoms with Gasteiger partial charge in [0.15, 0.2) is 0 Å². The third-order valence-electron chi connectivity index (χ3n) is 5.88. The summed E-state index contributed by atoms with van der Waals surface area (Å²) >= 11 is 0. The summed E-state index contributed by atoms with van der Waals surface area (Å²) in [6.45, 7) is 0. The first-order valence-electron chi connectivity index (χ1n) is 9.16. The smallest absolute Gasteiger partial charge is 0.137 e. The van der Waals surface area contributed by atoms with Crippen LogP contribution in [0.5, 0.6) is 0 Å². The first kappa shape index (κ1) is 14.9. The van der Waals surface area contributed by atoms with E-state index in [4.69, 9.17) is 4.98 Å². The molecule has 3 aromatic heterocycles. The second kappa shape index (κ2) is 5.85. The molecule has 0 aromatic carbocycles. The molecule has 5 heterocycles. The third-order valence-corrected chi connectivity index (χ3v) is 5.88. The van der Waals surface area contributed by atoms with Gasteiger partial charge in [-0.15, -0.1) is 0 Å². The molecule has 0 saturated carbocycles. The van der Waals surface area contributed by atoms with Gasteiger partial charge in [0.2, 0.25) is 0 Å². The first-order chi connectivity index (χ1) is 12.3. The molecule has 1 N–H and O–H groups in total. The lowest BCUT2D eigenvalue weighted by molar-refractivity contribution is 0.169. The van der Waals surface area contributed by atoms with Crippen molar-refractivity contribution in [3.05, 3.63) is 48.8 Å². The summed E-state index contributed by atoms with van der Waals surface area (Å²) in [4.78, 5) is 11.9. The average molecular weight is 333 g/mol. The highest BCUT2D eigenvalue weighted by Gasteiger charge is 2.38. The Kier molecular flexibility index (Phi) is 3.48. The van der Waals surface area contributed by atoms with E-state index in [0.717, 1.165) is 34.9 Å². The van der Waals surface area contributed by atoms with Crippen LogP contribution in [-0.2, 0) is 0 Å². The summed E-state index contributed by atoms with van der Waals surface area (Å²) in [6, 6.07) is 14.2. The third kappa shape index (κ3) is 2.59. The van der Waals surface area contributed by atoms with Crippen molar-refractivity contribution < 1.29 is 0 Å². The molecule has 2 bridgehead atoms. The normalized spacial score (nSPS) is 26.2. The van der Waals surface area contributed by atoms with Crippen LogP contribution in [0.25, 0.3) is 17.0 Å². The predicted octanol–water partition coefficient (Wildman–Crippen LogP) is 3.43. The molecule has 25 heavy (non-hydrogen) atoms. The zero-order valence-corrected chi connectivity index (χ0v) is 14.5. The van der Waals surface area contributed by atoms with Gasteiger partial charge in [-0.05, 0) is 57.0 Å². The number of rotatable bonds is 3. The lowest BCUT2D eigenvalue weighted by Crippen LogP contribution is -2.44. The lowest BCUT2D eigenvalue weighted by atomic mass is 9.98. The maximum absolute atomic E-state index is 4.86. The van der Waals surface area contributed by atoms with E-state index in [1.165, 1.54) is 25.7 Å². The van der Waals surface area contributed by atoms with Gasteiger partial charge in [0.1, 0.15) is 11.5 Å². The molecule has 1 unspecified atom stereocenters. The van der Waals surface area contributed by atoms with E-state index in [1.807, 2.05) is 30.6 Å². The Morgan fingerprint density at radius 1 is 1.04 bits per heavy atom. The minimum Gasteiger partial charge on any atom is -0.367 e. The summed E-state index contributed by atoms with van der Waals surface area (Å²) < 4.78 is 2.09. The van der Waals surface area contributed by atoms with Gasteiger partial charge in [0, 0.05) is 24.3 Å². The molecule has 2 aliphatic heterocycles. The second-order valence-electron chi connectivity index (χ2n) is 7.34. The van der Waals surface area contributed by atoms with Crippen molar-refractivity contribution in [2.24, 2.45) is 0 Å². The molecule has 2 fully saturated rings. The van der Waals surface area contributed by atoms with Crippen molar-refractivity contribution >= 4 is 11.5 Å². The first-order valence-corrected chi connectivity index (χ1v) is 9.16. The molecule has 5 nitrogen and oxygen atoms in total. The van der Waals surface area contributed by atoms with Crippen molar-refractivity contribution in [1.29, 1.82) is 0 Å². The van der Waals surface area contributed by atoms with Crippen molar-refractivity contribution in [3.8, 4) is 11.4 Å². The van der Waals surface area contributed by atoms with E-state index in [1.54, 1.807) is 0 Å². The topological polar surface area (TPSA) is 45.5 Å². The SMILES string of the molecule is CN1[C@@H]2CC[C@H]1CC(Nc1cccc(-c3cnc4ccccn34)n1)C2. The Morgan fingerprint density at radius 3 is 2.72 bits per heavy atom. The van der Waals surface area contributed by atoms with Crippen molar-refractivity contribution in [1.82, 2.24) is 19.3 Å². The molecule has 0 spiro atoms. The van der Waals surface area contributed by atoms with Crippen molar-refractivity contribution in [3.63, 3.8) is 0 Å². The van der Waals surface area contributed by atoms with Gasteiger partial charge in [-0.25, -0.2) is 9.97 Å². The highest BCUT2D eigenvalue weighted by molar-refractivity contribution is 5.61. The molecule has 128 valence electrons. The molecule has 2 saturated heterocycles. The number of anilines is 1. The fourth-order valence-electron chi connectivity index (χ4n) is 4.52. The minimum absolute atomic E-state index is 0.527. The van der Waals surface area contributed by atoms with Crippen molar-refractivity contribution in [2.75, 3.05) is 12.4 Å². The molecule has 5 heteroatoms. The van der Waals surface area contributed by atoms with Gasteiger partial charge in [0.05, 0.1) is 17.6 Å². The maximum Gasteiger partial charge on any atom is 0.137 e. The van der Waals surface area contributed by atoms with Gasteiger partial charge in [-0.2, -0.15) is 0 Å². The van der Waals surface area contributed by atoms with Gasteiger partial charge in [-0.3, -0.25) is 4.40 Å². The van der Waals surface area contributed by atoms with Crippen LogP contribution in [-0.4, -0.2) is 44.4 Å². The van der Waals surface area contributed by atoms with E-state index in [-0.39, 0.29) is 0 Å². The fourth-order valence-corrected chi connectivity index (χ4v) is 4.52. The summed E-state index contributed by atoms with van der Waals surface area (Å²) in [7, 11) is 2.28. The number of fused-ring (bicyclic) bond motifs is 3. The van der Waals surface area contributed by atoms with Crippen LogP contribution in [0.15, 0.2) is 48.8 Å². The number of pyridine rings is 2. The van der Waals surface area contributed by atoms with Crippen LogP contribution in [0.1, 0.15) is 25.7 Å². The maximum atomic E-state index is 4.86. The molecular weight excluding hydrogens is 310 g/mol. The molecule has 5 rings (SSSR count). The molecule has 2 aliphatic rings. The van der Waals surface area contributed by atoms with Crippen LogP contribution in [0.3, 0.4) is 0 Å². The van der Waals surface area contributed by atoms with Crippen molar-refractivity contribution in [2.45, 2.75) is 43.8 Å². The summed E-state index contributed by atoms with van der Waals surface area (Å²) in [5.41, 5.74) is 2.94. The molecule has 0 aliphatic carbocycles. The fraction of sp³-hybridized carbons (Fsp3) is 0.400. The van der Waals surface area contributed by atoms with E-state index in [9.17, 15) is 0 Å². The van der Waals surface area contributed by atoms with E-state index < -0.39 is 0 Å². The monoisotopic (exact) mass is 333 g/mol. The van der Waals surface area contributed by atoms with Crippen LogP contribution in [0, 0.1) is 0 Å². The largest absolute Gasteiger partial charge is 0.367 e. The standard InChI is InChI=1S/C20H23N5/c1-24-15-8-9-16(24)12-14(11-15)22-19-6-4-5-17(23-19)18-13-21-20-7-2-3-10-25(18)20/h2-7,10,13-16H,8-9,11-12H2,1H3,(H,22,23)/t14?,15-,16+. The second-order valence-corrected chi connectivity index (χ2v) is 7.34. The zero-order chi connectivity index (χ0) is 16.8. The number of hydrogen-bond acceptors (Lipinski definition) is 4. The van der Waals surface area contributed by atoms with Gasteiger partial charge >= 0.3 is 0 Å². The molecular formula is C20H23N5. The van der Waals surface area contributed by atoms with Gasteiger partial charge < -0.3 is 10.2 Å². The molecule has 0 amide bonds. The quantitative estimate of drug-likeness (QED) is 0.797. The Bertz CT molecular complexity index is 888. The van der Waals surface area contributed by atoms with E-state index in [0.29, 0.717) is 6.04 Å². The molecule has 3 atom stereocenters. The Labute approximate surface area is 147 Å². The predicted molar refractivity (Wildman–Crippen MR) is 99.6 cm³/mol. The Morgan fingerprint density at radius 2 is 1.88 bits per heavy atom. The van der Waals surface area contributed by atoms with Crippen LogP contribution >= 0.6 is 0 Å². The van der Waals surface area contributed by atoms with Gasteiger partial charge in [0.25, 0.3) is 0 Å². The minimum atomic E-state index is 0.527. The number of nitrogens with zero attached hydrogens (tertiary/aromatic N) is 4. The number of nitrogens with one attached hydrogen (secondary N) is 1. The van der Waals surface area contributed by atoms with E-state index in [2.05, 4.69) is 44.8 Å². The molecule has 0 radical (unpaired) electrons. The molecule has 3 aromatic rings. The van der Waals surface area contributed by atoms with Crippen LogP contribution in [0.4, 0.5) is 5.82 Å². The van der Waals surface area contributed by atoms with E-state index >= 15 is 0 Å². The average Bonchev–Trinajstić information content (AvgIpc) is 3.13. The lowest BCUT2D eigenvalue weighted by Gasteiger charge is -2.36. The highest BCUT2D eigenvalue weighted by Crippen LogP contribution is 2.35. The Balaban J connectivity index is 1.40. The Hall–Kier alpha value is -2.40. The summed E-state index contributed by atoms with van der Waals surface area (Å²) in [5.74, 6) is 0.970. The number of imidazole rings is 1. The number of hydrogen-bond donors (Lipinski definition) is 1. The van der Waals surface area contributed by atoms with Crippen LogP contribution < -0.4 is 5.32 Å². The number of piperidine rings is 1. The number of aromatic nitrogens is 3. The van der Waals surface area contributed by atoms with Gasteiger partial charge in [-0.1, -0.05) is 12.1 Å². The zero-order valence-electron chi connectivity index (χ0n) is 14.5. The van der Waals surface area contributed by atoms with Crippen LogP contribution in [0.2, 0.25) is 0 Å². The summed E-state index contributed by atoms with van der Waals surface area (Å²) in [6.07, 6.45) is 9.05. The summed E-state index contributed by atoms with van der Waals surface area (Å²) in [5, 5.41) is 3.69.